The fourth-order valence-electron chi connectivity index (χ4n) is 2.50. The summed E-state index contributed by atoms with van der Waals surface area (Å²) in [6.07, 6.45) is 3.52. The second kappa shape index (κ2) is 7.29. The van der Waals surface area contributed by atoms with E-state index in [1.165, 1.54) is 18.5 Å². The number of carbonyl (C=O) groups is 1. The maximum Gasteiger partial charge on any atom is 0.251 e. The van der Waals surface area contributed by atoms with Crippen molar-refractivity contribution >= 4 is 11.6 Å². The van der Waals surface area contributed by atoms with Gasteiger partial charge in [-0.25, -0.2) is 0 Å². The number of anilines is 1. The summed E-state index contributed by atoms with van der Waals surface area (Å²) in [7, 11) is 4.08. The summed E-state index contributed by atoms with van der Waals surface area (Å²) in [5.74, 6) is 0.0247. The van der Waals surface area contributed by atoms with Gasteiger partial charge >= 0.3 is 0 Å². The Morgan fingerprint density at radius 2 is 1.85 bits per heavy atom. The lowest BCUT2D eigenvalue weighted by Gasteiger charge is -2.17. The Kier molecular flexibility index (Phi) is 5.41. The standard InChI is InChI=1S/C16H25N3O/c1-18(2)11-5-10-17-16(20)14-6-8-15(9-7-14)19-12-3-4-13-19/h6-9H,3-5,10-13H2,1-2H3,(H,17,20). The van der Waals surface area contributed by atoms with Crippen LogP contribution in [0.3, 0.4) is 0 Å². The minimum atomic E-state index is 0.0247. The van der Waals surface area contributed by atoms with E-state index in [1.807, 2.05) is 26.2 Å². The molecule has 0 saturated carbocycles. The van der Waals surface area contributed by atoms with Crippen LogP contribution in [-0.4, -0.2) is 51.1 Å². The van der Waals surface area contributed by atoms with Gasteiger partial charge in [0.05, 0.1) is 0 Å². The summed E-state index contributed by atoms with van der Waals surface area (Å²) >= 11 is 0. The van der Waals surface area contributed by atoms with Crippen molar-refractivity contribution in [2.45, 2.75) is 19.3 Å². The van der Waals surface area contributed by atoms with E-state index in [2.05, 4.69) is 27.2 Å². The predicted molar refractivity (Wildman–Crippen MR) is 83.4 cm³/mol. The summed E-state index contributed by atoms with van der Waals surface area (Å²) in [4.78, 5) is 16.5. The number of hydrogen-bond acceptors (Lipinski definition) is 3. The van der Waals surface area contributed by atoms with E-state index < -0.39 is 0 Å². The molecule has 4 nitrogen and oxygen atoms in total. The third kappa shape index (κ3) is 4.23. The fourth-order valence-corrected chi connectivity index (χ4v) is 2.50. The van der Waals surface area contributed by atoms with Crippen LogP contribution in [0.25, 0.3) is 0 Å². The van der Waals surface area contributed by atoms with Gasteiger partial charge in [-0.15, -0.1) is 0 Å². The van der Waals surface area contributed by atoms with Gasteiger partial charge in [0.2, 0.25) is 0 Å². The summed E-state index contributed by atoms with van der Waals surface area (Å²) in [6, 6.07) is 7.96. The van der Waals surface area contributed by atoms with Crippen molar-refractivity contribution in [3.63, 3.8) is 0 Å². The second-order valence-corrected chi connectivity index (χ2v) is 5.65. The topological polar surface area (TPSA) is 35.6 Å². The lowest BCUT2D eigenvalue weighted by atomic mass is 10.2. The summed E-state index contributed by atoms with van der Waals surface area (Å²) in [5.41, 5.74) is 1.98. The molecule has 1 aromatic carbocycles. The Morgan fingerprint density at radius 1 is 1.20 bits per heavy atom. The van der Waals surface area contributed by atoms with Crippen LogP contribution >= 0.6 is 0 Å². The number of hydrogen-bond donors (Lipinski definition) is 1. The van der Waals surface area contributed by atoms with E-state index in [-0.39, 0.29) is 5.91 Å². The number of carbonyl (C=O) groups excluding carboxylic acids is 1. The lowest BCUT2D eigenvalue weighted by molar-refractivity contribution is 0.0952. The Balaban J connectivity index is 1.81. The molecule has 1 amide bonds. The number of benzene rings is 1. The van der Waals surface area contributed by atoms with Gasteiger partial charge in [0.1, 0.15) is 0 Å². The number of amides is 1. The molecule has 20 heavy (non-hydrogen) atoms. The van der Waals surface area contributed by atoms with Crippen LogP contribution in [0.4, 0.5) is 5.69 Å². The third-order valence-electron chi connectivity index (χ3n) is 3.67. The first-order valence-corrected chi connectivity index (χ1v) is 7.45. The molecule has 0 bridgehead atoms. The summed E-state index contributed by atoms with van der Waals surface area (Å²) in [5, 5.41) is 2.96. The van der Waals surface area contributed by atoms with Crippen LogP contribution in [0.5, 0.6) is 0 Å². The predicted octanol–water partition coefficient (Wildman–Crippen LogP) is 1.97. The van der Waals surface area contributed by atoms with Gasteiger partial charge in [0, 0.05) is 30.9 Å². The molecule has 4 heteroatoms. The van der Waals surface area contributed by atoms with E-state index in [0.29, 0.717) is 0 Å². The zero-order valence-corrected chi connectivity index (χ0v) is 12.6. The number of nitrogens with zero attached hydrogens (tertiary/aromatic N) is 2. The molecule has 1 heterocycles. The zero-order valence-electron chi connectivity index (χ0n) is 12.6. The van der Waals surface area contributed by atoms with Gasteiger partial charge in [0.25, 0.3) is 5.91 Å². The maximum atomic E-state index is 12.0. The molecule has 0 aromatic heterocycles. The van der Waals surface area contributed by atoms with Crippen molar-refractivity contribution in [1.82, 2.24) is 10.2 Å². The van der Waals surface area contributed by atoms with Gasteiger partial charge in [-0.3, -0.25) is 4.79 Å². The fraction of sp³-hybridized carbons (Fsp3) is 0.562. The Hall–Kier alpha value is -1.55. The van der Waals surface area contributed by atoms with Crippen molar-refractivity contribution in [1.29, 1.82) is 0 Å². The zero-order chi connectivity index (χ0) is 14.4. The molecule has 0 atom stereocenters. The van der Waals surface area contributed by atoms with Crippen LogP contribution in [0.2, 0.25) is 0 Å². The molecule has 1 aromatic rings. The second-order valence-electron chi connectivity index (χ2n) is 5.65. The first kappa shape index (κ1) is 14.9. The molecule has 1 N–H and O–H groups in total. The van der Waals surface area contributed by atoms with Gasteiger partial charge in [-0.2, -0.15) is 0 Å². The maximum absolute atomic E-state index is 12.0. The summed E-state index contributed by atoms with van der Waals surface area (Å²) in [6.45, 7) is 3.99. The van der Waals surface area contributed by atoms with Gasteiger partial charge in [0.15, 0.2) is 0 Å². The van der Waals surface area contributed by atoms with Crippen LogP contribution in [0.15, 0.2) is 24.3 Å². The molecule has 1 aliphatic heterocycles. The quantitative estimate of drug-likeness (QED) is 0.806. The van der Waals surface area contributed by atoms with E-state index in [1.54, 1.807) is 0 Å². The minimum absolute atomic E-state index is 0.0247. The van der Waals surface area contributed by atoms with Crippen molar-refractivity contribution < 1.29 is 4.79 Å². The average molecular weight is 275 g/mol. The molecule has 1 aliphatic rings. The van der Waals surface area contributed by atoms with Crippen LogP contribution < -0.4 is 10.2 Å². The Labute approximate surface area is 121 Å². The first-order chi connectivity index (χ1) is 9.66. The smallest absolute Gasteiger partial charge is 0.251 e. The monoisotopic (exact) mass is 275 g/mol. The molecule has 0 spiro atoms. The average Bonchev–Trinajstić information content (AvgIpc) is 2.97. The van der Waals surface area contributed by atoms with E-state index in [9.17, 15) is 4.79 Å². The highest BCUT2D eigenvalue weighted by molar-refractivity contribution is 5.94. The Morgan fingerprint density at radius 3 is 2.45 bits per heavy atom. The first-order valence-electron chi connectivity index (χ1n) is 7.45. The largest absolute Gasteiger partial charge is 0.372 e. The summed E-state index contributed by atoms with van der Waals surface area (Å²) < 4.78 is 0. The number of rotatable bonds is 6. The van der Waals surface area contributed by atoms with Crippen LogP contribution in [0, 0.1) is 0 Å². The number of nitrogens with one attached hydrogen (secondary N) is 1. The van der Waals surface area contributed by atoms with Crippen molar-refractivity contribution in [3.05, 3.63) is 29.8 Å². The van der Waals surface area contributed by atoms with Gasteiger partial charge in [-0.05, 0) is 64.2 Å². The molecule has 1 fully saturated rings. The normalized spacial score (nSPS) is 14.8. The van der Waals surface area contributed by atoms with Crippen molar-refractivity contribution in [2.24, 2.45) is 0 Å². The van der Waals surface area contributed by atoms with Gasteiger partial charge in [-0.1, -0.05) is 0 Å². The van der Waals surface area contributed by atoms with Crippen LogP contribution in [0.1, 0.15) is 29.6 Å². The lowest BCUT2D eigenvalue weighted by Crippen LogP contribution is -2.27. The van der Waals surface area contributed by atoms with Crippen LogP contribution in [-0.2, 0) is 0 Å². The molecule has 0 unspecified atom stereocenters. The van der Waals surface area contributed by atoms with Crippen molar-refractivity contribution in [2.75, 3.05) is 45.2 Å². The van der Waals surface area contributed by atoms with E-state index in [4.69, 9.17) is 0 Å². The molecule has 2 rings (SSSR count). The SMILES string of the molecule is CN(C)CCCNC(=O)c1ccc(N2CCCC2)cc1. The molecular formula is C16H25N3O. The minimum Gasteiger partial charge on any atom is -0.372 e. The Bertz CT molecular complexity index is 422. The van der Waals surface area contributed by atoms with E-state index in [0.717, 1.165) is 38.2 Å². The van der Waals surface area contributed by atoms with Crippen molar-refractivity contribution in [3.8, 4) is 0 Å². The van der Waals surface area contributed by atoms with Gasteiger partial charge < -0.3 is 15.1 Å². The molecule has 0 radical (unpaired) electrons. The third-order valence-corrected chi connectivity index (χ3v) is 3.67. The highest BCUT2D eigenvalue weighted by atomic mass is 16.1. The molecule has 110 valence electrons. The van der Waals surface area contributed by atoms with E-state index >= 15 is 0 Å². The highest BCUT2D eigenvalue weighted by Gasteiger charge is 2.12. The molecular weight excluding hydrogens is 250 g/mol. The molecule has 1 saturated heterocycles. The highest BCUT2D eigenvalue weighted by Crippen LogP contribution is 2.20. The molecule has 0 aliphatic carbocycles.